The summed E-state index contributed by atoms with van der Waals surface area (Å²) in [6.07, 6.45) is 0.515. The molecular weight excluding hydrogens is 274 g/mol. The largest absolute Gasteiger partial charge is 0.481 e. The van der Waals surface area contributed by atoms with Gasteiger partial charge in [0.25, 0.3) is 5.91 Å². The molecule has 1 amide bonds. The molecule has 18 heavy (non-hydrogen) atoms. The van der Waals surface area contributed by atoms with Crippen molar-refractivity contribution in [3.63, 3.8) is 0 Å². The van der Waals surface area contributed by atoms with Gasteiger partial charge in [0.1, 0.15) is 0 Å². The smallest absolute Gasteiger partial charge is 0.306 e. The number of carboxylic acid groups (broad SMARTS) is 1. The summed E-state index contributed by atoms with van der Waals surface area (Å²) in [5.74, 6) is -1.19. The Bertz CT molecular complexity index is 474. The molecule has 98 valence electrons. The van der Waals surface area contributed by atoms with Gasteiger partial charge in [0.15, 0.2) is 0 Å². The molecule has 1 fully saturated rings. The predicted molar refractivity (Wildman–Crippen MR) is 70.1 cm³/mol. The molecule has 6 heteroatoms. The lowest BCUT2D eigenvalue weighted by atomic mass is 9.87. The Labute approximate surface area is 114 Å². The van der Waals surface area contributed by atoms with Crippen LogP contribution in [0.3, 0.4) is 0 Å². The maximum absolute atomic E-state index is 12.2. The van der Waals surface area contributed by atoms with E-state index < -0.39 is 5.97 Å². The zero-order chi connectivity index (χ0) is 13.3. The maximum Gasteiger partial charge on any atom is 0.306 e. The van der Waals surface area contributed by atoms with Gasteiger partial charge in [-0.25, -0.2) is 0 Å². The average Bonchev–Trinajstić information content (AvgIpc) is 2.74. The molecule has 0 bridgehead atoms. The third-order valence-corrected chi connectivity index (χ3v) is 4.51. The van der Waals surface area contributed by atoms with Crippen molar-refractivity contribution >= 4 is 34.8 Å². The number of carbonyl (C=O) groups excluding carboxylic acids is 1. The van der Waals surface area contributed by atoms with E-state index >= 15 is 0 Å². The number of likely N-dealkylation sites (tertiary alicyclic amines) is 1. The molecule has 2 unspecified atom stereocenters. The van der Waals surface area contributed by atoms with Crippen LogP contribution in [0.1, 0.15) is 23.0 Å². The Morgan fingerprint density at radius 1 is 1.50 bits per heavy atom. The van der Waals surface area contributed by atoms with Crippen LogP contribution in [0.4, 0.5) is 0 Å². The van der Waals surface area contributed by atoms with Crippen LogP contribution >= 0.6 is 22.9 Å². The Morgan fingerprint density at radius 2 is 2.22 bits per heavy atom. The number of aliphatic carboxylic acids is 1. The number of amides is 1. The SMILES string of the molecule is CC1CN(C(=O)c2ccc(Cl)s2)CCC1C(=O)O. The van der Waals surface area contributed by atoms with Crippen molar-refractivity contribution in [1.29, 1.82) is 0 Å². The van der Waals surface area contributed by atoms with Gasteiger partial charge in [0.2, 0.25) is 0 Å². The quantitative estimate of drug-likeness (QED) is 0.909. The van der Waals surface area contributed by atoms with Crippen LogP contribution in [0.5, 0.6) is 0 Å². The molecule has 1 aliphatic heterocycles. The summed E-state index contributed by atoms with van der Waals surface area (Å²) in [6, 6.07) is 3.41. The number of hydrogen-bond donors (Lipinski definition) is 1. The van der Waals surface area contributed by atoms with Crippen molar-refractivity contribution in [2.24, 2.45) is 11.8 Å². The number of nitrogens with zero attached hydrogens (tertiary/aromatic N) is 1. The number of carbonyl (C=O) groups is 2. The molecule has 2 heterocycles. The highest BCUT2D eigenvalue weighted by Crippen LogP contribution is 2.27. The number of halogens is 1. The predicted octanol–water partition coefficient (Wildman–Crippen LogP) is 2.58. The van der Waals surface area contributed by atoms with E-state index in [-0.39, 0.29) is 17.7 Å². The number of piperidine rings is 1. The molecule has 4 nitrogen and oxygen atoms in total. The van der Waals surface area contributed by atoms with E-state index in [4.69, 9.17) is 16.7 Å². The van der Waals surface area contributed by atoms with E-state index in [9.17, 15) is 9.59 Å². The normalized spacial score (nSPS) is 24.0. The first-order valence-electron chi connectivity index (χ1n) is 5.76. The fourth-order valence-electron chi connectivity index (χ4n) is 2.28. The van der Waals surface area contributed by atoms with Crippen molar-refractivity contribution in [2.75, 3.05) is 13.1 Å². The van der Waals surface area contributed by atoms with Crippen LogP contribution in [-0.4, -0.2) is 35.0 Å². The molecule has 1 N–H and O–H groups in total. The number of carboxylic acids is 1. The summed E-state index contributed by atoms with van der Waals surface area (Å²) in [4.78, 5) is 25.5. The second-order valence-corrected chi connectivity index (χ2v) is 6.28. The molecule has 1 saturated heterocycles. The van der Waals surface area contributed by atoms with E-state index in [0.29, 0.717) is 28.7 Å². The van der Waals surface area contributed by atoms with Crippen LogP contribution in [0.2, 0.25) is 4.34 Å². The van der Waals surface area contributed by atoms with E-state index in [1.807, 2.05) is 6.92 Å². The minimum atomic E-state index is -0.770. The summed E-state index contributed by atoms with van der Waals surface area (Å²) in [6.45, 7) is 2.86. The third-order valence-electron chi connectivity index (χ3n) is 3.29. The molecule has 0 saturated carbocycles. The number of hydrogen-bond acceptors (Lipinski definition) is 3. The Kier molecular flexibility index (Phi) is 3.92. The maximum atomic E-state index is 12.2. The van der Waals surface area contributed by atoms with E-state index in [1.165, 1.54) is 11.3 Å². The van der Waals surface area contributed by atoms with Crippen molar-refractivity contribution in [1.82, 2.24) is 4.90 Å². The zero-order valence-corrected chi connectivity index (χ0v) is 11.5. The van der Waals surface area contributed by atoms with Crippen molar-refractivity contribution in [3.8, 4) is 0 Å². The van der Waals surface area contributed by atoms with Gasteiger partial charge in [-0.1, -0.05) is 18.5 Å². The lowest BCUT2D eigenvalue weighted by molar-refractivity contribution is -0.145. The first kappa shape index (κ1) is 13.4. The molecule has 2 rings (SSSR count). The van der Waals surface area contributed by atoms with Crippen LogP contribution in [0, 0.1) is 11.8 Å². The molecule has 1 aliphatic rings. The highest BCUT2D eigenvalue weighted by Gasteiger charge is 2.33. The van der Waals surface area contributed by atoms with Gasteiger partial charge in [0.05, 0.1) is 15.1 Å². The topological polar surface area (TPSA) is 57.6 Å². The fourth-order valence-corrected chi connectivity index (χ4v) is 3.29. The average molecular weight is 288 g/mol. The van der Waals surface area contributed by atoms with Gasteiger partial charge in [-0.15, -0.1) is 11.3 Å². The lowest BCUT2D eigenvalue weighted by Gasteiger charge is -2.34. The number of rotatable bonds is 2. The first-order chi connectivity index (χ1) is 8.49. The lowest BCUT2D eigenvalue weighted by Crippen LogP contribution is -2.44. The minimum Gasteiger partial charge on any atom is -0.481 e. The Morgan fingerprint density at radius 3 is 2.72 bits per heavy atom. The standard InChI is InChI=1S/C12H14ClNO3S/c1-7-6-14(5-4-8(7)12(16)17)11(15)9-2-3-10(13)18-9/h2-3,7-8H,4-6H2,1H3,(H,16,17). The summed E-state index contributed by atoms with van der Waals surface area (Å²) < 4.78 is 0.590. The van der Waals surface area contributed by atoms with Gasteiger partial charge in [-0.3, -0.25) is 9.59 Å². The molecule has 0 radical (unpaired) electrons. The molecule has 0 aromatic carbocycles. The van der Waals surface area contributed by atoms with Crippen LogP contribution < -0.4 is 0 Å². The van der Waals surface area contributed by atoms with Gasteiger partial charge in [-0.05, 0) is 24.5 Å². The Hall–Kier alpha value is -1.07. The van der Waals surface area contributed by atoms with E-state index in [1.54, 1.807) is 17.0 Å². The van der Waals surface area contributed by atoms with Gasteiger partial charge >= 0.3 is 5.97 Å². The number of thiophene rings is 1. The molecule has 1 aromatic rings. The molecule has 0 spiro atoms. The second kappa shape index (κ2) is 5.28. The van der Waals surface area contributed by atoms with Crippen molar-refractivity contribution < 1.29 is 14.7 Å². The summed E-state index contributed by atoms with van der Waals surface area (Å²) >= 11 is 7.06. The Balaban J connectivity index is 2.04. The fraction of sp³-hybridized carbons (Fsp3) is 0.500. The van der Waals surface area contributed by atoms with Gasteiger partial charge in [-0.2, -0.15) is 0 Å². The van der Waals surface area contributed by atoms with Crippen LogP contribution in [-0.2, 0) is 4.79 Å². The summed E-state index contributed by atoms with van der Waals surface area (Å²) in [7, 11) is 0. The zero-order valence-electron chi connectivity index (χ0n) is 9.93. The molecule has 1 aromatic heterocycles. The summed E-state index contributed by atoms with van der Waals surface area (Å²) in [5.41, 5.74) is 0. The highest BCUT2D eigenvalue weighted by atomic mass is 35.5. The van der Waals surface area contributed by atoms with Crippen molar-refractivity contribution in [3.05, 3.63) is 21.3 Å². The minimum absolute atomic E-state index is 0.0179. The van der Waals surface area contributed by atoms with E-state index in [2.05, 4.69) is 0 Å². The first-order valence-corrected chi connectivity index (χ1v) is 6.96. The molecule has 0 aliphatic carbocycles. The van der Waals surface area contributed by atoms with Crippen molar-refractivity contribution in [2.45, 2.75) is 13.3 Å². The van der Waals surface area contributed by atoms with Gasteiger partial charge in [0, 0.05) is 13.1 Å². The molecular formula is C12H14ClNO3S. The van der Waals surface area contributed by atoms with E-state index in [0.717, 1.165) is 0 Å². The van der Waals surface area contributed by atoms with Gasteiger partial charge < -0.3 is 10.0 Å². The molecule has 2 atom stereocenters. The second-order valence-electron chi connectivity index (χ2n) is 4.57. The summed E-state index contributed by atoms with van der Waals surface area (Å²) in [5, 5.41) is 9.04. The third kappa shape index (κ3) is 2.67. The highest BCUT2D eigenvalue weighted by molar-refractivity contribution is 7.17. The van der Waals surface area contributed by atoms with Crippen LogP contribution in [0.25, 0.3) is 0 Å². The monoisotopic (exact) mass is 287 g/mol. The van der Waals surface area contributed by atoms with Crippen LogP contribution in [0.15, 0.2) is 12.1 Å².